The van der Waals surface area contributed by atoms with Crippen LogP contribution in [0.4, 0.5) is 0 Å². The van der Waals surface area contributed by atoms with Crippen LogP contribution in [0.1, 0.15) is 32.6 Å². The van der Waals surface area contributed by atoms with Crippen molar-refractivity contribution >= 4 is 11.9 Å². The molecule has 0 amide bonds. The van der Waals surface area contributed by atoms with E-state index in [4.69, 9.17) is 6.17 Å². The van der Waals surface area contributed by atoms with Gasteiger partial charge in [-0.3, -0.25) is 9.59 Å². The van der Waals surface area contributed by atoms with E-state index in [1.165, 1.54) is 0 Å². The second-order valence-corrected chi connectivity index (χ2v) is 4.74. The zero-order valence-electron chi connectivity index (χ0n) is 13.1. The SMILES string of the molecule is [2H]OC(=O)CC[C@H](NCCCC)C(=O)OCCN(C)C. The Morgan fingerprint density at radius 2 is 2.21 bits per heavy atom. The molecule has 0 aromatic carbocycles. The summed E-state index contributed by atoms with van der Waals surface area (Å²) in [6.45, 7) is 3.73. The van der Waals surface area contributed by atoms with Gasteiger partial charge < -0.3 is 20.1 Å². The van der Waals surface area contributed by atoms with Gasteiger partial charge in [-0.25, -0.2) is 0 Å². The van der Waals surface area contributed by atoms with Crippen LogP contribution < -0.4 is 5.32 Å². The molecule has 0 fully saturated rings. The Morgan fingerprint density at radius 1 is 1.47 bits per heavy atom. The lowest BCUT2D eigenvalue weighted by Gasteiger charge is -2.17. The third kappa shape index (κ3) is 10.5. The summed E-state index contributed by atoms with van der Waals surface area (Å²) in [6.07, 6.45) is 2.27. The normalized spacial score (nSPS) is 12.9. The number of carboxylic acid groups (broad SMARTS) is 1. The second kappa shape index (κ2) is 10.8. The first-order chi connectivity index (χ1) is 9.51. The fourth-order valence-corrected chi connectivity index (χ4v) is 1.45. The van der Waals surface area contributed by atoms with E-state index in [9.17, 15) is 9.59 Å². The average Bonchev–Trinajstić information content (AvgIpc) is 2.41. The maximum Gasteiger partial charge on any atom is 0.323 e. The van der Waals surface area contributed by atoms with Gasteiger partial charge in [-0.1, -0.05) is 13.3 Å². The summed E-state index contributed by atoms with van der Waals surface area (Å²) in [5, 5.41) is 6.92. The standard InChI is InChI=1S/C13H26N2O4/c1-4-5-8-14-11(6-7-12(16)17)13(18)19-10-9-15(2)3/h11,14H,4-10H2,1-3H3,(H,16,17)/t11-/m0/s1/i/hD. The number of aliphatic carboxylic acids is 1. The van der Waals surface area contributed by atoms with Crippen LogP contribution in [-0.4, -0.2) is 61.8 Å². The fourth-order valence-electron chi connectivity index (χ4n) is 1.45. The number of nitrogens with one attached hydrogen (secondary N) is 1. The lowest BCUT2D eigenvalue weighted by Crippen LogP contribution is -2.39. The number of carboxylic acids is 1. The highest BCUT2D eigenvalue weighted by molar-refractivity contribution is 5.77. The first-order valence-electron chi connectivity index (χ1n) is 7.12. The van der Waals surface area contributed by atoms with Crippen LogP contribution in [0.25, 0.3) is 1.43 Å². The molecule has 0 aromatic heterocycles. The van der Waals surface area contributed by atoms with E-state index in [1.807, 2.05) is 19.0 Å². The molecule has 2 N–H and O–H groups in total. The van der Waals surface area contributed by atoms with Crippen molar-refractivity contribution in [1.82, 2.24) is 10.2 Å². The predicted octanol–water partition coefficient (Wildman–Crippen LogP) is 0.714. The molecule has 0 unspecified atom stereocenters. The quantitative estimate of drug-likeness (QED) is 0.427. The first kappa shape index (κ1) is 15.9. The highest BCUT2D eigenvalue weighted by atomic mass is 16.5. The Labute approximate surface area is 116 Å². The molecule has 6 heteroatoms. The Bertz CT molecular complexity index is 288. The number of carbonyl (C=O) groups is 2. The molecule has 0 saturated heterocycles. The summed E-state index contributed by atoms with van der Waals surface area (Å²) in [7, 11) is 3.80. The smallest absolute Gasteiger partial charge is 0.323 e. The van der Waals surface area contributed by atoms with Crippen LogP contribution in [-0.2, 0) is 14.3 Å². The van der Waals surface area contributed by atoms with Gasteiger partial charge in [0.05, 0.1) is 0 Å². The van der Waals surface area contributed by atoms with E-state index >= 15 is 0 Å². The van der Waals surface area contributed by atoms with Crippen molar-refractivity contribution in [2.45, 2.75) is 38.6 Å². The number of rotatable bonds is 11. The molecule has 0 saturated carbocycles. The molecule has 0 radical (unpaired) electrons. The minimum Gasteiger partial charge on any atom is -0.481 e. The lowest BCUT2D eigenvalue weighted by molar-refractivity contribution is -0.147. The monoisotopic (exact) mass is 275 g/mol. The zero-order chi connectivity index (χ0) is 15.4. The Balaban J connectivity index is 4.18. The first-order valence-corrected chi connectivity index (χ1v) is 6.72. The van der Waals surface area contributed by atoms with E-state index in [2.05, 4.69) is 17.3 Å². The molecule has 0 aliphatic heterocycles. The Morgan fingerprint density at radius 3 is 2.79 bits per heavy atom. The van der Waals surface area contributed by atoms with Crippen molar-refractivity contribution in [3.05, 3.63) is 0 Å². The molecule has 1 atom stereocenters. The molecular formula is C13H26N2O4. The number of nitrogens with zero attached hydrogens (tertiary/aromatic N) is 1. The van der Waals surface area contributed by atoms with Gasteiger partial charge in [0.25, 0.3) is 1.43 Å². The third-order valence-corrected chi connectivity index (χ3v) is 2.63. The Kier molecular flexibility index (Phi) is 9.01. The zero-order valence-corrected chi connectivity index (χ0v) is 12.1. The minimum atomic E-state index is -0.645. The number of unbranched alkanes of at least 4 members (excludes halogenated alkanes) is 1. The van der Waals surface area contributed by atoms with Gasteiger partial charge in [0.1, 0.15) is 12.6 Å². The number of hydrogen-bond donors (Lipinski definition) is 2. The highest BCUT2D eigenvalue weighted by Crippen LogP contribution is 2.01. The highest BCUT2D eigenvalue weighted by Gasteiger charge is 2.20. The van der Waals surface area contributed by atoms with Gasteiger partial charge in [-0.05, 0) is 33.5 Å². The molecule has 6 nitrogen and oxygen atoms in total. The molecule has 19 heavy (non-hydrogen) atoms. The summed E-state index contributed by atoms with van der Waals surface area (Å²) in [6, 6.07) is -0.525. The molecule has 0 aliphatic rings. The van der Waals surface area contributed by atoms with Crippen LogP contribution in [0.5, 0.6) is 0 Å². The lowest BCUT2D eigenvalue weighted by atomic mass is 10.1. The fraction of sp³-hybridized carbons (Fsp3) is 0.846. The van der Waals surface area contributed by atoms with Crippen molar-refractivity contribution in [3.8, 4) is 0 Å². The summed E-state index contributed by atoms with van der Waals surface area (Å²) in [5.41, 5.74) is 0. The molecule has 0 spiro atoms. The maximum atomic E-state index is 11.9. The van der Waals surface area contributed by atoms with Crippen LogP contribution in [0.15, 0.2) is 0 Å². The van der Waals surface area contributed by atoms with E-state index in [0.717, 1.165) is 12.8 Å². The Hall–Kier alpha value is -1.14. The van der Waals surface area contributed by atoms with Crippen LogP contribution in [0.3, 0.4) is 0 Å². The summed E-state index contributed by atoms with van der Waals surface area (Å²) >= 11 is 0. The number of ether oxygens (including phenoxy) is 1. The number of carbonyl (C=O) groups excluding carboxylic acids is 1. The van der Waals surface area contributed by atoms with E-state index in [-0.39, 0.29) is 18.8 Å². The second-order valence-electron chi connectivity index (χ2n) is 4.74. The third-order valence-electron chi connectivity index (χ3n) is 2.63. The topological polar surface area (TPSA) is 78.9 Å². The van der Waals surface area contributed by atoms with Gasteiger partial charge >= 0.3 is 11.9 Å². The van der Waals surface area contributed by atoms with Crippen LogP contribution in [0, 0.1) is 0 Å². The minimum absolute atomic E-state index is 0.0239. The predicted molar refractivity (Wildman–Crippen MR) is 73.1 cm³/mol. The van der Waals surface area contributed by atoms with Gasteiger partial charge in [0, 0.05) is 13.0 Å². The van der Waals surface area contributed by atoms with Crippen molar-refractivity contribution in [2.75, 3.05) is 33.8 Å². The van der Waals surface area contributed by atoms with Gasteiger partial charge in [0.2, 0.25) is 0 Å². The van der Waals surface area contributed by atoms with Crippen molar-refractivity contribution < 1.29 is 19.4 Å². The van der Waals surface area contributed by atoms with Crippen LogP contribution in [0.2, 0.25) is 0 Å². The summed E-state index contributed by atoms with van der Waals surface area (Å²) in [4.78, 5) is 24.8. The maximum absolute atomic E-state index is 11.9. The number of esters is 1. The summed E-state index contributed by atoms with van der Waals surface area (Å²) in [5.74, 6) is -1.01. The summed E-state index contributed by atoms with van der Waals surface area (Å²) < 4.78 is 11.7. The number of hydrogen-bond acceptors (Lipinski definition) is 6. The van der Waals surface area contributed by atoms with E-state index in [0.29, 0.717) is 19.7 Å². The van der Waals surface area contributed by atoms with Crippen molar-refractivity contribution in [2.24, 2.45) is 0 Å². The van der Waals surface area contributed by atoms with Crippen molar-refractivity contribution in [1.29, 1.82) is 1.43 Å². The van der Waals surface area contributed by atoms with Crippen LogP contribution >= 0.6 is 0 Å². The largest absolute Gasteiger partial charge is 0.481 e. The molecule has 0 heterocycles. The van der Waals surface area contributed by atoms with E-state index < -0.39 is 12.0 Å². The van der Waals surface area contributed by atoms with Gasteiger partial charge in [-0.15, -0.1) is 0 Å². The average molecular weight is 275 g/mol. The van der Waals surface area contributed by atoms with E-state index in [1.54, 1.807) is 0 Å². The molecule has 112 valence electrons. The number of likely N-dealkylation sites (N-methyl/N-ethyl adjacent to an activating group) is 1. The molecular weight excluding hydrogens is 248 g/mol. The molecule has 0 bridgehead atoms. The van der Waals surface area contributed by atoms with Gasteiger partial charge in [0.15, 0.2) is 0 Å². The van der Waals surface area contributed by atoms with Gasteiger partial charge in [-0.2, -0.15) is 0 Å². The van der Waals surface area contributed by atoms with Crippen molar-refractivity contribution in [3.63, 3.8) is 0 Å². The molecule has 0 rings (SSSR count). The molecule has 0 aliphatic carbocycles. The molecule has 0 aromatic rings.